The Kier molecular flexibility index (Phi) is 11.1. The van der Waals surface area contributed by atoms with E-state index >= 15 is 0 Å². The molecule has 0 saturated carbocycles. The van der Waals surface area contributed by atoms with Gasteiger partial charge in [0.1, 0.15) is 18.8 Å². The molecular formula is C21H31NO13. The van der Waals surface area contributed by atoms with E-state index in [1.165, 1.54) is 6.92 Å². The summed E-state index contributed by atoms with van der Waals surface area (Å²) in [5.41, 5.74) is 0. The van der Waals surface area contributed by atoms with Gasteiger partial charge in [0, 0.05) is 34.1 Å². The molecule has 1 aliphatic heterocycles. The normalized spacial score (nSPS) is 25.3. The zero-order chi connectivity index (χ0) is 26.9. The maximum Gasteiger partial charge on any atom is 0.366 e. The smallest absolute Gasteiger partial charge is 0.366 e. The molecule has 0 aliphatic carbocycles. The Bertz CT molecular complexity index is 828. The Morgan fingerprint density at radius 2 is 1.60 bits per heavy atom. The Morgan fingerprint density at radius 1 is 1.00 bits per heavy atom. The lowest BCUT2D eigenvalue weighted by Crippen LogP contribution is -2.68. The monoisotopic (exact) mass is 505 g/mol. The number of hydrogen-bond acceptors (Lipinski definition) is 13. The first-order valence-corrected chi connectivity index (χ1v) is 10.7. The first-order chi connectivity index (χ1) is 16.2. The number of carbonyl (C=O) groups excluding carboxylic acids is 6. The largest absolute Gasteiger partial charge is 0.465 e. The number of amides is 1. The second-order valence-corrected chi connectivity index (χ2v) is 7.68. The predicted octanol–water partition coefficient (Wildman–Crippen LogP) is -1.11. The number of aliphatic hydroxyl groups is 1. The van der Waals surface area contributed by atoms with Crippen molar-refractivity contribution in [3.05, 3.63) is 0 Å². The highest BCUT2D eigenvalue weighted by Crippen LogP contribution is 2.34. The highest BCUT2D eigenvalue weighted by Gasteiger charge is 2.57. The van der Waals surface area contributed by atoms with Crippen LogP contribution in [0.15, 0.2) is 0 Å². The van der Waals surface area contributed by atoms with Gasteiger partial charge < -0.3 is 38.8 Å². The summed E-state index contributed by atoms with van der Waals surface area (Å²) in [6.45, 7) is 5.12. The zero-order valence-corrected chi connectivity index (χ0v) is 20.4. The lowest BCUT2D eigenvalue weighted by Gasteiger charge is -2.47. The van der Waals surface area contributed by atoms with Crippen LogP contribution in [0.2, 0.25) is 0 Å². The highest BCUT2D eigenvalue weighted by atomic mass is 16.7. The van der Waals surface area contributed by atoms with Gasteiger partial charge in [0.05, 0.1) is 19.6 Å². The molecule has 6 atom stereocenters. The lowest BCUT2D eigenvalue weighted by atomic mass is 9.88. The fraction of sp³-hybridized carbons (Fsp3) is 0.714. The molecule has 0 unspecified atom stereocenters. The van der Waals surface area contributed by atoms with Gasteiger partial charge in [-0.25, -0.2) is 4.79 Å². The predicted molar refractivity (Wildman–Crippen MR) is 112 cm³/mol. The van der Waals surface area contributed by atoms with E-state index in [0.717, 1.165) is 34.8 Å². The Labute approximate surface area is 201 Å². The van der Waals surface area contributed by atoms with Crippen LogP contribution in [0, 0.1) is 0 Å². The molecule has 14 heteroatoms. The summed E-state index contributed by atoms with van der Waals surface area (Å²) in [4.78, 5) is 71.6. The van der Waals surface area contributed by atoms with Gasteiger partial charge in [-0.3, -0.25) is 24.0 Å². The highest BCUT2D eigenvalue weighted by molar-refractivity contribution is 5.79. The first-order valence-electron chi connectivity index (χ1n) is 10.7. The molecule has 1 amide bonds. The van der Waals surface area contributed by atoms with Crippen LogP contribution < -0.4 is 5.32 Å². The van der Waals surface area contributed by atoms with Gasteiger partial charge in [-0.1, -0.05) is 6.92 Å². The van der Waals surface area contributed by atoms with Crippen LogP contribution in [0.1, 0.15) is 47.5 Å². The number of nitrogens with one attached hydrogen (secondary N) is 1. The van der Waals surface area contributed by atoms with E-state index < -0.39 is 85.0 Å². The Balaban J connectivity index is 3.67. The molecule has 14 nitrogen and oxygen atoms in total. The number of methoxy groups -OCH3 is 1. The summed E-state index contributed by atoms with van der Waals surface area (Å²) in [6, 6.07) is -1.31. The third kappa shape index (κ3) is 8.79. The van der Waals surface area contributed by atoms with Crippen LogP contribution in [-0.2, 0) is 57.2 Å². The van der Waals surface area contributed by atoms with Crippen molar-refractivity contribution in [3.63, 3.8) is 0 Å². The average molecular weight is 505 g/mol. The standard InChI is InChI=1S/C21H31NO13/c1-7-16(27)22-17-14(32-11(3)24)8-21(29,20(28)30-6)35-19(17)18(34-13(5)26)15(33-12(4)25)9-31-10(2)23/h14-15,17-19,29H,7-9H2,1-6H3,(H,22,27)/t14-,15+,17+,18+,19+,21+/m0/s1. The summed E-state index contributed by atoms with van der Waals surface area (Å²) < 4.78 is 30.8. The number of rotatable bonds is 10. The summed E-state index contributed by atoms with van der Waals surface area (Å²) in [5.74, 6) is -7.88. The summed E-state index contributed by atoms with van der Waals surface area (Å²) in [6.07, 6.45) is -6.88. The lowest BCUT2D eigenvalue weighted by molar-refractivity contribution is -0.299. The SMILES string of the molecule is CCC(=O)N[C@H]1[C@H]([C@H](OC(C)=O)[C@@H](COC(C)=O)OC(C)=O)O[C@@](O)(C(=O)OC)C[C@@H]1OC(C)=O. The van der Waals surface area contributed by atoms with E-state index in [9.17, 15) is 33.9 Å². The average Bonchev–Trinajstić information content (AvgIpc) is 2.75. The molecule has 1 heterocycles. The minimum absolute atomic E-state index is 0.0175. The van der Waals surface area contributed by atoms with Crippen LogP contribution in [0.5, 0.6) is 0 Å². The molecular weight excluding hydrogens is 474 g/mol. The van der Waals surface area contributed by atoms with Crippen LogP contribution in [0.4, 0.5) is 0 Å². The van der Waals surface area contributed by atoms with Crippen molar-refractivity contribution < 1.29 is 62.3 Å². The number of esters is 5. The molecule has 1 fully saturated rings. The van der Waals surface area contributed by atoms with E-state index in [1.807, 2.05) is 0 Å². The van der Waals surface area contributed by atoms with E-state index in [-0.39, 0.29) is 6.42 Å². The van der Waals surface area contributed by atoms with Crippen LogP contribution in [-0.4, -0.2) is 90.8 Å². The van der Waals surface area contributed by atoms with Crippen molar-refractivity contribution in [1.82, 2.24) is 5.32 Å². The van der Waals surface area contributed by atoms with Gasteiger partial charge >= 0.3 is 29.8 Å². The molecule has 0 aromatic heterocycles. The maximum atomic E-state index is 12.4. The van der Waals surface area contributed by atoms with Crippen molar-refractivity contribution in [1.29, 1.82) is 0 Å². The molecule has 0 aromatic carbocycles. The van der Waals surface area contributed by atoms with Crippen LogP contribution >= 0.6 is 0 Å². The number of carbonyl (C=O) groups is 6. The molecule has 0 spiro atoms. The third-order valence-corrected chi connectivity index (χ3v) is 4.79. The van der Waals surface area contributed by atoms with Crippen molar-refractivity contribution >= 4 is 35.8 Å². The Hall–Kier alpha value is -3.26. The van der Waals surface area contributed by atoms with Gasteiger partial charge in [0.25, 0.3) is 5.79 Å². The van der Waals surface area contributed by atoms with Crippen LogP contribution in [0.3, 0.4) is 0 Å². The number of hydrogen-bond donors (Lipinski definition) is 2. The van der Waals surface area contributed by atoms with Gasteiger partial charge in [0.15, 0.2) is 12.2 Å². The number of ether oxygens (including phenoxy) is 6. The molecule has 198 valence electrons. The minimum atomic E-state index is -2.71. The van der Waals surface area contributed by atoms with Gasteiger partial charge in [-0.2, -0.15) is 0 Å². The van der Waals surface area contributed by atoms with E-state index in [0.29, 0.717) is 0 Å². The quantitative estimate of drug-likeness (QED) is 0.269. The molecule has 0 radical (unpaired) electrons. The summed E-state index contributed by atoms with van der Waals surface area (Å²) >= 11 is 0. The topological polar surface area (TPSA) is 190 Å². The third-order valence-electron chi connectivity index (χ3n) is 4.79. The van der Waals surface area contributed by atoms with Gasteiger partial charge in [-0.05, 0) is 0 Å². The summed E-state index contributed by atoms with van der Waals surface area (Å²) in [7, 11) is 0.969. The van der Waals surface area contributed by atoms with E-state index in [4.69, 9.17) is 23.7 Å². The van der Waals surface area contributed by atoms with E-state index in [1.54, 1.807) is 0 Å². The van der Waals surface area contributed by atoms with E-state index in [2.05, 4.69) is 10.1 Å². The second-order valence-electron chi connectivity index (χ2n) is 7.68. The molecule has 0 bridgehead atoms. The van der Waals surface area contributed by atoms with Gasteiger partial charge in [-0.15, -0.1) is 0 Å². The fourth-order valence-corrected chi connectivity index (χ4v) is 3.47. The molecule has 1 aliphatic rings. The van der Waals surface area contributed by atoms with Crippen molar-refractivity contribution in [2.45, 2.75) is 83.7 Å². The molecule has 1 rings (SSSR count). The van der Waals surface area contributed by atoms with Crippen molar-refractivity contribution in [2.75, 3.05) is 13.7 Å². The fourth-order valence-electron chi connectivity index (χ4n) is 3.47. The molecule has 2 N–H and O–H groups in total. The van der Waals surface area contributed by atoms with Crippen molar-refractivity contribution in [2.24, 2.45) is 0 Å². The Morgan fingerprint density at radius 3 is 2.06 bits per heavy atom. The van der Waals surface area contributed by atoms with Gasteiger partial charge in [0.2, 0.25) is 5.91 Å². The maximum absolute atomic E-state index is 12.4. The molecule has 1 saturated heterocycles. The second kappa shape index (κ2) is 13.0. The molecule has 0 aromatic rings. The zero-order valence-electron chi connectivity index (χ0n) is 20.4. The van der Waals surface area contributed by atoms with Crippen molar-refractivity contribution in [3.8, 4) is 0 Å². The molecule has 35 heavy (non-hydrogen) atoms. The van der Waals surface area contributed by atoms with Crippen LogP contribution in [0.25, 0.3) is 0 Å². The minimum Gasteiger partial charge on any atom is -0.465 e. The summed E-state index contributed by atoms with van der Waals surface area (Å²) in [5, 5.41) is 13.5. The first kappa shape index (κ1) is 29.8.